The van der Waals surface area contributed by atoms with Crippen LogP contribution in [-0.4, -0.2) is 31.2 Å². The first-order valence-corrected chi connectivity index (χ1v) is 7.83. The summed E-state index contributed by atoms with van der Waals surface area (Å²) in [7, 11) is 3.17. The number of methoxy groups -OCH3 is 2. The fraction of sp³-hybridized carbons (Fsp3) is 0.333. The summed E-state index contributed by atoms with van der Waals surface area (Å²) in [6.07, 6.45) is 2.49. The third-order valence-corrected chi connectivity index (χ3v) is 3.67. The van der Waals surface area contributed by atoms with Gasteiger partial charge in [-0.3, -0.25) is 4.79 Å². The molecule has 0 saturated carbocycles. The highest BCUT2D eigenvalue weighted by atomic mass is 16.5. The monoisotopic (exact) mass is 329 g/mol. The molecule has 0 aliphatic carbocycles. The van der Waals surface area contributed by atoms with Gasteiger partial charge in [0, 0.05) is 29.6 Å². The van der Waals surface area contributed by atoms with Crippen molar-refractivity contribution in [1.29, 1.82) is 0 Å². The van der Waals surface area contributed by atoms with Gasteiger partial charge in [-0.1, -0.05) is 6.92 Å². The van der Waals surface area contributed by atoms with Crippen LogP contribution >= 0.6 is 0 Å². The molecule has 2 N–H and O–H groups in total. The second-order valence-electron chi connectivity index (χ2n) is 5.41. The van der Waals surface area contributed by atoms with E-state index in [0.29, 0.717) is 22.9 Å². The van der Waals surface area contributed by atoms with Crippen molar-refractivity contribution < 1.29 is 14.3 Å². The fourth-order valence-corrected chi connectivity index (χ4v) is 2.11. The zero-order valence-electron chi connectivity index (χ0n) is 14.4. The number of carbonyl (C=O) groups is 1. The lowest BCUT2D eigenvalue weighted by Gasteiger charge is -2.13. The Labute approximate surface area is 142 Å². The maximum absolute atomic E-state index is 12.2. The lowest BCUT2D eigenvalue weighted by atomic mass is 10.2. The SMILES string of the molecule is CCC(C)NC(=O)c1ccnc(Nc2ccc(OC)c(OC)c2)c1. The average Bonchev–Trinajstić information content (AvgIpc) is 2.61. The van der Waals surface area contributed by atoms with Crippen LogP contribution in [0.25, 0.3) is 0 Å². The zero-order chi connectivity index (χ0) is 17.5. The van der Waals surface area contributed by atoms with Crippen molar-refractivity contribution in [2.45, 2.75) is 26.3 Å². The van der Waals surface area contributed by atoms with Crippen molar-refractivity contribution >= 4 is 17.4 Å². The number of hydrogen-bond acceptors (Lipinski definition) is 5. The molecule has 6 nitrogen and oxygen atoms in total. The van der Waals surface area contributed by atoms with Gasteiger partial charge in [-0.2, -0.15) is 0 Å². The summed E-state index contributed by atoms with van der Waals surface area (Å²) >= 11 is 0. The minimum Gasteiger partial charge on any atom is -0.493 e. The first kappa shape index (κ1) is 17.6. The smallest absolute Gasteiger partial charge is 0.251 e. The third kappa shape index (κ3) is 4.38. The Morgan fingerprint density at radius 2 is 1.92 bits per heavy atom. The molecule has 2 rings (SSSR count). The molecule has 0 bridgehead atoms. The molecule has 0 saturated heterocycles. The number of carbonyl (C=O) groups excluding carboxylic acids is 1. The molecule has 24 heavy (non-hydrogen) atoms. The molecule has 0 radical (unpaired) electrons. The quantitative estimate of drug-likeness (QED) is 0.815. The van der Waals surface area contributed by atoms with Gasteiger partial charge in [0.25, 0.3) is 5.91 Å². The van der Waals surface area contributed by atoms with E-state index < -0.39 is 0 Å². The van der Waals surface area contributed by atoms with Gasteiger partial charge < -0.3 is 20.1 Å². The van der Waals surface area contributed by atoms with Crippen LogP contribution in [0, 0.1) is 0 Å². The van der Waals surface area contributed by atoms with Gasteiger partial charge in [-0.15, -0.1) is 0 Å². The normalized spacial score (nSPS) is 11.5. The summed E-state index contributed by atoms with van der Waals surface area (Å²) in [6, 6.07) is 9.02. The minimum absolute atomic E-state index is 0.109. The molecule has 1 heterocycles. The number of pyridine rings is 1. The molecule has 0 spiro atoms. The summed E-state index contributed by atoms with van der Waals surface area (Å²) in [5.41, 5.74) is 1.35. The maximum Gasteiger partial charge on any atom is 0.251 e. The van der Waals surface area contributed by atoms with Crippen molar-refractivity contribution in [3.63, 3.8) is 0 Å². The Kier molecular flexibility index (Phi) is 6.01. The largest absolute Gasteiger partial charge is 0.493 e. The van der Waals surface area contributed by atoms with Crippen LogP contribution in [-0.2, 0) is 0 Å². The molecule has 1 atom stereocenters. The number of ether oxygens (including phenoxy) is 2. The zero-order valence-corrected chi connectivity index (χ0v) is 14.4. The van der Waals surface area contributed by atoms with Gasteiger partial charge in [-0.25, -0.2) is 4.98 Å². The van der Waals surface area contributed by atoms with E-state index in [2.05, 4.69) is 15.6 Å². The average molecular weight is 329 g/mol. The van der Waals surface area contributed by atoms with E-state index in [1.807, 2.05) is 26.0 Å². The summed E-state index contributed by atoms with van der Waals surface area (Å²) in [5, 5.41) is 6.11. The second kappa shape index (κ2) is 8.19. The highest BCUT2D eigenvalue weighted by molar-refractivity contribution is 5.95. The molecule has 1 aromatic heterocycles. The minimum atomic E-state index is -0.109. The van der Waals surface area contributed by atoms with E-state index in [-0.39, 0.29) is 11.9 Å². The lowest BCUT2D eigenvalue weighted by Crippen LogP contribution is -2.31. The molecule has 128 valence electrons. The first-order chi connectivity index (χ1) is 11.6. The Morgan fingerprint density at radius 1 is 1.17 bits per heavy atom. The van der Waals surface area contributed by atoms with E-state index in [4.69, 9.17) is 9.47 Å². The van der Waals surface area contributed by atoms with Crippen LogP contribution in [0.3, 0.4) is 0 Å². The molecule has 0 aliphatic rings. The summed E-state index contributed by atoms with van der Waals surface area (Å²) in [4.78, 5) is 16.5. The van der Waals surface area contributed by atoms with Crippen molar-refractivity contribution in [3.8, 4) is 11.5 Å². The molecule has 1 unspecified atom stereocenters. The molecule has 2 aromatic rings. The number of benzene rings is 1. The van der Waals surface area contributed by atoms with E-state index in [1.54, 1.807) is 38.6 Å². The molecular formula is C18H23N3O3. The Bertz CT molecular complexity index is 704. The van der Waals surface area contributed by atoms with Gasteiger partial charge in [0.15, 0.2) is 11.5 Å². The van der Waals surface area contributed by atoms with Crippen molar-refractivity contribution in [2.24, 2.45) is 0 Å². The van der Waals surface area contributed by atoms with Gasteiger partial charge in [-0.05, 0) is 37.6 Å². The van der Waals surface area contributed by atoms with E-state index in [0.717, 1.165) is 12.1 Å². The van der Waals surface area contributed by atoms with Gasteiger partial charge >= 0.3 is 0 Å². The highest BCUT2D eigenvalue weighted by Gasteiger charge is 2.10. The Morgan fingerprint density at radius 3 is 2.58 bits per heavy atom. The topological polar surface area (TPSA) is 72.5 Å². The number of amides is 1. The summed E-state index contributed by atoms with van der Waals surface area (Å²) < 4.78 is 10.5. The Balaban J connectivity index is 2.16. The second-order valence-corrected chi connectivity index (χ2v) is 5.41. The van der Waals surface area contributed by atoms with Crippen molar-refractivity contribution in [1.82, 2.24) is 10.3 Å². The van der Waals surface area contributed by atoms with Crippen LogP contribution in [0.2, 0.25) is 0 Å². The van der Waals surface area contributed by atoms with E-state index >= 15 is 0 Å². The van der Waals surface area contributed by atoms with Crippen LogP contribution in [0.5, 0.6) is 11.5 Å². The van der Waals surface area contributed by atoms with Crippen molar-refractivity contribution in [2.75, 3.05) is 19.5 Å². The maximum atomic E-state index is 12.2. The molecule has 1 amide bonds. The van der Waals surface area contributed by atoms with Gasteiger partial charge in [0.05, 0.1) is 14.2 Å². The third-order valence-electron chi connectivity index (χ3n) is 3.67. The number of anilines is 2. The van der Waals surface area contributed by atoms with Crippen LogP contribution < -0.4 is 20.1 Å². The number of nitrogens with one attached hydrogen (secondary N) is 2. The van der Waals surface area contributed by atoms with Gasteiger partial charge in [0.2, 0.25) is 0 Å². The van der Waals surface area contributed by atoms with E-state index in [1.165, 1.54) is 0 Å². The first-order valence-electron chi connectivity index (χ1n) is 7.83. The number of nitrogens with zero attached hydrogens (tertiary/aromatic N) is 1. The fourth-order valence-electron chi connectivity index (χ4n) is 2.11. The predicted octanol–water partition coefficient (Wildman–Crippen LogP) is 3.37. The predicted molar refractivity (Wildman–Crippen MR) is 94.3 cm³/mol. The number of rotatable bonds is 7. The van der Waals surface area contributed by atoms with Gasteiger partial charge in [0.1, 0.15) is 5.82 Å². The summed E-state index contributed by atoms with van der Waals surface area (Å²) in [6.45, 7) is 4.00. The Hall–Kier alpha value is -2.76. The number of hydrogen-bond donors (Lipinski definition) is 2. The molecule has 1 aromatic carbocycles. The van der Waals surface area contributed by atoms with Crippen LogP contribution in [0.1, 0.15) is 30.6 Å². The standard InChI is InChI=1S/C18H23N3O3/c1-5-12(2)20-18(22)13-8-9-19-17(10-13)21-14-6-7-15(23-3)16(11-14)24-4/h6-12H,5H2,1-4H3,(H,19,21)(H,20,22). The van der Waals surface area contributed by atoms with E-state index in [9.17, 15) is 4.79 Å². The molecule has 0 fully saturated rings. The molecular weight excluding hydrogens is 306 g/mol. The number of aromatic nitrogens is 1. The molecule has 6 heteroatoms. The molecule has 0 aliphatic heterocycles. The lowest BCUT2D eigenvalue weighted by molar-refractivity contribution is 0.0939. The van der Waals surface area contributed by atoms with Crippen LogP contribution in [0.4, 0.5) is 11.5 Å². The van der Waals surface area contributed by atoms with Crippen molar-refractivity contribution in [3.05, 3.63) is 42.1 Å². The summed E-state index contributed by atoms with van der Waals surface area (Å²) in [5.74, 6) is 1.74. The highest BCUT2D eigenvalue weighted by Crippen LogP contribution is 2.30. The van der Waals surface area contributed by atoms with Crippen LogP contribution in [0.15, 0.2) is 36.5 Å².